The van der Waals surface area contributed by atoms with Gasteiger partial charge in [0, 0.05) is 12.6 Å². The van der Waals surface area contributed by atoms with E-state index < -0.39 is 0 Å². The number of halogens is 2. The third-order valence-corrected chi connectivity index (χ3v) is 3.60. The van der Waals surface area contributed by atoms with Crippen LogP contribution < -0.4 is 4.74 Å². The van der Waals surface area contributed by atoms with E-state index in [2.05, 4.69) is 11.1 Å². The summed E-state index contributed by atoms with van der Waals surface area (Å²) < 4.78 is 7.30. The zero-order valence-corrected chi connectivity index (χ0v) is 13.2. The minimum absolute atomic E-state index is 0. The van der Waals surface area contributed by atoms with Gasteiger partial charge in [0.15, 0.2) is 0 Å². The van der Waals surface area contributed by atoms with Crippen LogP contribution >= 0.6 is 24.0 Å². The first-order valence-corrected chi connectivity index (χ1v) is 6.99. The summed E-state index contributed by atoms with van der Waals surface area (Å²) in [5, 5.41) is 0. The molecule has 0 fully saturated rings. The summed E-state index contributed by atoms with van der Waals surface area (Å²) >= 11 is 6.09. The lowest BCUT2D eigenvalue weighted by Crippen LogP contribution is -1.96. The lowest BCUT2D eigenvalue weighted by molar-refractivity contribution is 0.414. The number of fused-ring (bicyclic) bond motifs is 1. The molecule has 0 radical (unpaired) electrons. The fraction of sp³-hybridized carbons (Fsp3) is 0.188. The maximum absolute atomic E-state index is 6.09. The van der Waals surface area contributed by atoms with Gasteiger partial charge in [-0.3, -0.25) is 0 Å². The first kappa shape index (κ1) is 15.7. The number of imidazole rings is 1. The molecule has 3 rings (SSSR count). The molecule has 2 aromatic heterocycles. The smallest absolute Gasteiger partial charge is 0.137 e. The van der Waals surface area contributed by atoms with Crippen LogP contribution in [0.3, 0.4) is 0 Å². The molecule has 0 spiro atoms. The molecule has 0 bridgehead atoms. The first-order chi connectivity index (χ1) is 9.81. The zero-order valence-electron chi connectivity index (χ0n) is 11.6. The summed E-state index contributed by atoms with van der Waals surface area (Å²) in [6, 6.07) is 14.0. The van der Waals surface area contributed by atoms with Crippen LogP contribution in [0.15, 0.2) is 48.7 Å². The molecule has 2 heterocycles. The third-order valence-electron chi connectivity index (χ3n) is 3.34. The molecule has 0 saturated carbocycles. The van der Waals surface area contributed by atoms with E-state index in [-0.39, 0.29) is 12.4 Å². The van der Waals surface area contributed by atoms with Crippen molar-refractivity contribution < 1.29 is 4.74 Å². The summed E-state index contributed by atoms with van der Waals surface area (Å²) in [4.78, 5) is 4.67. The molecule has 3 nitrogen and oxygen atoms in total. The van der Waals surface area contributed by atoms with Gasteiger partial charge < -0.3 is 9.14 Å². The fourth-order valence-electron chi connectivity index (χ4n) is 2.35. The predicted molar refractivity (Wildman–Crippen MR) is 87.8 cm³/mol. The Labute approximate surface area is 134 Å². The highest BCUT2D eigenvalue weighted by atomic mass is 35.5. The molecule has 3 aromatic rings. The summed E-state index contributed by atoms with van der Waals surface area (Å²) in [6.07, 6.45) is 2.75. The molecule has 0 N–H and O–H groups in total. The van der Waals surface area contributed by atoms with E-state index >= 15 is 0 Å². The van der Waals surface area contributed by atoms with Crippen molar-refractivity contribution in [3.8, 4) is 5.75 Å². The van der Waals surface area contributed by atoms with Crippen LogP contribution in [0.4, 0.5) is 0 Å². The van der Waals surface area contributed by atoms with Crippen molar-refractivity contribution in [1.82, 2.24) is 9.38 Å². The van der Waals surface area contributed by atoms with Crippen LogP contribution in [-0.2, 0) is 12.3 Å². The molecule has 0 aliphatic rings. The number of methoxy groups -OCH3 is 1. The Morgan fingerprint density at radius 1 is 1.19 bits per heavy atom. The molecule has 0 atom stereocenters. The van der Waals surface area contributed by atoms with Crippen molar-refractivity contribution in [1.29, 1.82) is 0 Å². The van der Waals surface area contributed by atoms with Gasteiger partial charge >= 0.3 is 0 Å². The Hall–Kier alpha value is -1.71. The largest absolute Gasteiger partial charge is 0.497 e. The molecular formula is C16H16Cl2N2O. The number of benzene rings is 1. The van der Waals surface area contributed by atoms with Crippen molar-refractivity contribution in [2.75, 3.05) is 7.11 Å². The molecular weight excluding hydrogens is 307 g/mol. The minimum Gasteiger partial charge on any atom is -0.497 e. The lowest BCUT2D eigenvalue weighted by Gasteiger charge is -2.04. The molecule has 0 aliphatic carbocycles. The van der Waals surface area contributed by atoms with E-state index in [0.29, 0.717) is 5.88 Å². The van der Waals surface area contributed by atoms with Crippen LogP contribution in [0, 0.1) is 0 Å². The maximum Gasteiger partial charge on any atom is 0.137 e. The van der Waals surface area contributed by atoms with Gasteiger partial charge in [0.2, 0.25) is 0 Å². The Morgan fingerprint density at radius 2 is 2.05 bits per heavy atom. The second-order valence-electron chi connectivity index (χ2n) is 4.60. The van der Waals surface area contributed by atoms with E-state index in [4.69, 9.17) is 16.3 Å². The fourth-order valence-corrected chi connectivity index (χ4v) is 2.64. The molecule has 0 aliphatic heterocycles. The van der Waals surface area contributed by atoms with Gasteiger partial charge in [0.25, 0.3) is 0 Å². The van der Waals surface area contributed by atoms with Gasteiger partial charge in [0.1, 0.15) is 11.4 Å². The highest BCUT2D eigenvalue weighted by Gasteiger charge is 2.11. The average molecular weight is 323 g/mol. The molecule has 0 saturated heterocycles. The highest BCUT2D eigenvalue weighted by Crippen LogP contribution is 2.20. The molecule has 0 unspecified atom stereocenters. The van der Waals surface area contributed by atoms with Crippen LogP contribution in [0.25, 0.3) is 5.65 Å². The minimum atomic E-state index is 0. The van der Waals surface area contributed by atoms with Crippen molar-refractivity contribution in [3.63, 3.8) is 0 Å². The number of rotatable bonds is 4. The van der Waals surface area contributed by atoms with Gasteiger partial charge in [-0.15, -0.1) is 24.0 Å². The summed E-state index contributed by atoms with van der Waals surface area (Å²) in [5.41, 5.74) is 4.16. The summed E-state index contributed by atoms with van der Waals surface area (Å²) in [6.45, 7) is 0. The number of pyridine rings is 1. The van der Waals surface area contributed by atoms with Gasteiger partial charge in [0.05, 0.1) is 24.4 Å². The van der Waals surface area contributed by atoms with Crippen LogP contribution in [0.1, 0.15) is 17.0 Å². The second-order valence-corrected chi connectivity index (χ2v) is 4.86. The maximum atomic E-state index is 6.09. The Morgan fingerprint density at radius 3 is 2.81 bits per heavy atom. The van der Waals surface area contributed by atoms with Crippen LogP contribution in [-0.4, -0.2) is 16.5 Å². The predicted octanol–water partition coefficient (Wildman–Crippen LogP) is 4.09. The lowest BCUT2D eigenvalue weighted by atomic mass is 10.1. The quantitative estimate of drug-likeness (QED) is 0.676. The highest BCUT2D eigenvalue weighted by molar-refractivity contribution is 6.17. The van der Waals surface area contributed by atoms with E-state index in [9.17, 15) is 0 Å². The van der Waals surface area contributed by atoms with Crippen LogP contribution in [0.5, 0.6) is 5.75 Å². The average Bonchev–Trinajstić information content (AvgIpc) is 2.84. The standard InChI is InChI=1S/C16H15ClN2O.ClH/c1-20-13-6-4-5-12(9-13)10-14-15(11-17)19-8-3-2-7-16(19)18-14;/h2-9H,10-11H2,1H3;1H. The summed E-state index contributed by atoms with van der Waals surface area (Å²) in [5.74, 6) is 1.31. The van der Waals surface area contributed by atoms with Gasteiger partial charge in [-0.25, -0.2) is 4.98 Å². The van der Waals surface area contributed by atoms with Gasteiger partial charge in [-0.2, -0.15) is 0 Å². The monoisotopic (exact) mass is 322 g/mol. The van der Waals surface area contributed by atoms with E-state index in [1.807, 2.05) is 47.0 Å². The summed E-state index contributed by atoms with van der Waals surface area (Å²) in [7, 11) is 1.67. The van der Waals surface area contributed by atoms with Gasteiger partial charge in [-0.1, -0.05) is 18.2 Å². The first-order valence-electron chi connectivity index (χ1n) is 6.45. The topological polar surface area (TPSA) is 26.5 Å². The second kappa shape index (κ2) is 6.83. The van der Waals surface area contributed by atoms with Crippen molar-refractivity contribution >= 4 is 29.7 Å². The van der Waals surface area contributed by atoms with Crippen molar-refractivity contribution in [3.05, 3.63) is 65.6 Å². The van der Waals surface area contributed by atoms with E-state index in [1.54, 1.807) is 7.11 Å². The van der Waals surface area contributed by atoms with Crippen LogP contribution in [0.2, 0.25) is 0 Å². The molecule has 5 heteroatoms. The van der Waals surface area contributed by atoms with Gasteiger partial charge in [-0.05, 0) is 29.8 Å². The SMILES string of the molecule is COc1cccc(Cc2nc3ccccn3c2CCl)c1.Cl. The molecule has 110 valence electrons. The third kappa shape index (κ3) is 3.14. The normalized spacial score (nSPS) is 10.4. The number of alkyl halides is 1. The number of ether oxygens (including phenoxy) is 1. The Bertz CT molecular complexity index is 740. The Balaban J connectivity index is 0.00000161. The Kier molecular flexibility index (Phi) is 5.10. The molecule has 21 heavy (non-hydrogen) atoms. The zero-order chi connectivity index (χ0) is 13.9. The van der Waals surface area contributed by atoms with Crippen molar-refractivity contribution in [2.24, 2.45) is 0 Å². The number of aromatic nitrogens is 2. The number of hydrogen-bond donors (Lipinski definition) is 0. The van der Waals surface area contributed by atoms with E-state index in [1.165, 1.54) is 5.56 Å². The molecule has 1 aromatic carbocycles. The number of hydrogen-bond acceptors (Lipinski definition) is 2. The van der Waals surface area contributed by atoms with E-state index in [0.717, 1.165) is 29.2 Å². The van der Waals surface area contributed by atoms with Crippen molar-refractivity contribution in [2.45, 2.75) is 12.3 Å². The molecule has 0 amide bonds. The number of nitrogens with zero attached hydrogens (tertiary/aromatic N) is 2.